The van der Waals surface area contributed by atoms with Gasteiger partial charge in [0.25, 0.3) is 0 Å². The topological polar surface area (TPSA) is 78.7 Å². The van der Waals surface area contributed by atoms with Crippen LogP contribution in [0.15, 0.2) is 0 Å². The fourth-order valence-electron chi connectivity index (χ4n) is 3.42. The zero-order valence-corrected chi connectivity index (χ0v) is 17.0. The van der Waals surface area contributed by atoms with Gasteiger partial charge in [0.1, 0.15) is 0 Å². The molecule has 1 aliphatic heterocycles. The van der Waals surface area contributed by atoms with Crippen LogP contribution in [0.1, 0.15) is 39.5 Å². The SMILES string of the molecule is CC1CCC(NC(=O)CN2CCN(C(=O)C(C)CN)CC2)CC1.Cl.Cl. The maximum atomic E-state index is 12.2. The van der Waals surface area contributed by atoms with Gasteiger partial charge in [-0.3, -0.25) is 14.5 Å². The summed E-state index contributed by atoms with van der Waals surface area (Å²) in [6, 6.07) is 0.354. The molecule has 6 nitrogen and oxygen atoms in total. The summed E-state index contributed by atoms with van der Waals surface area (Å²) in [5, 5.41) is 3.17. The summed E-state index contributed by atoms with van der Waals surface area (Å²) < 4.78 is 0. The van der Waals surface area contributed by atoms with E-state index in [1.54, 1.807) is 0 Å². The van der Waals surface area contributed by atoms with E-state index < -0.39 is 0 Å². The maximum absolute atomic E-state index is 12.2. The average Bonchev–Trinajstić information content (AvgIpc) is 2.56. The molecule has 1 aliphatic carbocycles. The summed E-state index contributed by atoms with van der Waals surface area (Å²) in [4.78, 5) is 28.3. The first-order chi connectivity index (χ1) is 11.0. The molecule has 2 fully saturated rings. The lowest BCUT2D eigenvalue weighted by Gasteiger charge is -2.36. The summed E-state index contributed by atoms with van der Waals surface area (Å²) in [5.41, 5.74) is 5.56. The molecular weight excluding hydrogens is 363 g/mol. The smallest absolute Gasteiger partial charge is 0.234 e. The third-order valence-corrected chi connectivity index (χ3v) is 5.21. The van der Waals surface area contributed by atoms with E-state index in [4.69, 9.17) is 5.73 Å². The second-order valence-electron chi connectivity index (χ2n) is 7.26. The highest BCUT2D eigenvalue weighted by Crippen LogP contribution is 2.23. The molecule has 8 heteroatoms. The fraction of sp³-hybridized carbons (Fsp3) is 0.882. The van der Waals surface area contributed by atoms with Crippen LogP contribution < -0.4 is 11.1 Å². The number of halogens is 2. The van der Waals surface area contributed by atoms with Crippen LogP contribution >= 0.6 is 24.8 Å². The van der Waals surface area contributed by atoms with Gasteiger partial charge in [-0.1, -0.05) is 13.8 Å². The van der Waals surface area contributed by atoms with Crippen molar-refractivity contribution in [3.63, 3.8) is 0 Å². The lowest BCUT2D eigenvalue weighted by atomic mass is 9.87. The summed E-state index contributed by atoms with van der Waals surface area (Å²) in [5.74, 6) is 0.941. The zero-order valence-electron chi connectivity index (χ0n) is 15.4. The average molecular weight is 397 g/mol. The molecule has 2 amide bonds. The number of nitrogens with two attached hydrogens (primary N) is 1. The van der Waals surface area contributed by atoms with Gasteiger partial charge in [0.05, 0.1) is 6.54 Å². The quantitative estimate of drug-likeness (QED) is 0.732. The Morgan fingerprint density at radius 2 is 1.64 bits per heavy atom. The molecule has 0 aromatic rings. The van der Waals surface area contributed by atoms with Gasteiger partial charge in [0.15, 0.2) is 0 Å². The molecule has 0 spiro atoms. The molecule has 0 radical (unpaired) electrons. The standard InChI is InChI=1S/C17H32N4O2.2ClH/c1-13-3-5-15(6-4-13)19-16(22)12-20-7-9-21(10-8-20)17(23)14(2)11-18;;/h13-15H,3-12,18H2,1-2H3,(H,19,22);2*1H. The van der Waals surface area contributed by atoms with Crippen LogP contribution in [0.25, 0.3) is 0 Å². The highest BCUT2D eigenvalue weighted by atomic mass is 35.5. The third-order valence-electron chi connectivity index (χ3n) is 5.21. The van der Waals surface area contributed by atoms with E-state index in [1.807, 2.05) is 11.8 Å². The van der Waals surface area contributed by atoms with Gasteiger partial charge in [-0.2, -0.15) is 0 Å². The van der Waals surface area contributed by atoms with Crippen LogP contribution in [-0.2, 0) is 9.59 Å². The molecule has 148 valence electrons. The van der Waals surface area contributed by atoms with Gasteiger partial charge in [0.2, 0.25) is 11.8 Å². The Morgan fingerprint density at radius 1 is 1.08 bits per heavy atom. The van der Waals surface area contributed by atoms with Crippen LogP contribution in [0, 0.1) is 11.8 Å². The number of piperazine rings is 1. The lowest BCUT2D eigenvalue weighted by Crippen LogP contribution is -2.53. The monoisotopic (exact) mass is 396 g/mol. The number of hydrogen-bond acceptors (Lipinski definition) is 4. The van der Waals surface area contributed by atoms with Crippen molar-refractivity contribution in [2.75, 3.05) is 39.3 Å². The summed E-state index contributed by atoms with van der Waals surface area (Å²) in [7, 11) is 0. The van der Waals surface area contributed by atoms with E-state index >= 15 is 0 Å². The fourth-order valence-corrected chi connectivity index (χ4v) is 3.42. The predicted octanol–water partition coefficient (Wildman–Crippen LogP) is 1.26. The van der Waals surface area contributed by atoms with E-state index in [0.717, 1.165) is 31.8 Å². The van der Waals surface area contributed by atoms with Crippen molar-refractivity contribution in [2.45, 2.75) is 45.6 Å². The van der Waals surface area contributed by atoms with Crippen molar-refractivity contribution in [2.24, 2.45) is 17.6 Å². The molecule has 1 saturated carbocycles. The number of carbonyl (C=O) groups is 2. The Labute approximate surface area is 164 Å². The molecule has 1 heterocycles. The Kier molecular flexibility index (Phi) is 11.7. The first kappa shape index (κ1) is 24.4. The number of rotatable bonds is 5. The molecule has 3 N–H and O–H groups in total. The van der Waals surface area contributed by atoms with Crippen LogP contribution in [0.2, 0.25) is 0 Å². The van der Waals surface area contributed by atoms with Gasteiger partial charge in [-0.15, -0.1) is 24.8 Å². The Bertz CT molecular complexity index is 409. The lowest BCUT2D eigenvalue weighted by molar-refractivity contribution is -0.136. The van der Waals surface area contributed by atoms with Crippen molar-refractivity contribution in [3.8, 4) is 0 Å². The van der Waals surface area contributed by atoms with Gasteiger partial charge >= 0.3 is 0 Å². The van der Waals surface area contributed by atoms with Crippen molar-refractivity contribution in [3.05, 3.63) is 0 Å². The minimum absolute atomic E-state index is 0. The Balaban J connectivity index is 0.00000288. The molecule has 1 atom stereocenters. The van der Waals surface area contributed by atoms with E-state index in [1.165, 1.54) is 12.8 Å². The van der Waals surface area contributed by atoms with Gasteiger partial charge < -0.3 is 16.0 Å². The number of carbonyl (C=O) groups excluding carboxylic acids is 2. The molecular formula is C17H34Cl2N4O2. The highest BCUT2D eigenvalue weighted by molar-refractivity contribution is 5.85. The van der Waals surface area contributed by atoms with Crippen LogP contribution in [0.5, 0.6) is 0 Å². The minimum Gasteiger partial charge on any atom is -0.352 e. The molecule has 0 aromatic carbocycles. The zero-order chi connectivity index (χ0) is 16.8. The predicted molar refractivity (Wildman–Crippen MR) is 105 cm³/mol. The van der Waals surface area contributed by atoms with Crippen LogP contribution in [0.3, 0.4) is 0 Å². The molecule has 0 bridgehead atoms. The van der Waals surface area contributed by atoms with E-state index in [9.17, 15) is 9.59 Å². The second-order valence-corrected chi connectivity index (χ2v) is 7.26. The van der Waals surface area contributed by atoms with Crippen molar-refractivity contribution >= 4 is 36.6 Å². The molecule has 1 saturated heterocycles. The summed E-state index contributed by atoms with van der Waals surface area (Å²) >= 11 is 0. The first-order valence-electron chi connectivity index (χ1n) is 9.00. The minimum atomic E-state index is -0.112. The van der Waals surface area contributed by atoms with E-state index in [-0.39, 0.29) is 42.5 Å². The number of nitrogens with zero attached hydrogens (tertiary/aromatic N) is 2. The molecule has 25 heavy (non-hydrogen) atoms. The molecule has 0 aromatic heterocycles. The summed E-state index contributed by atoms with van der Waals surface area (Å²) in [6.45, 7) is 7.89. The van der Waals surface area contributed by atoms with Crippen molar-refractivity contribution < 1.29 is 9.59 Å². The normalized spacial score (nSPS) is 25.3. The molecule has 2 aliphatic rings. The van der Waals surface area contributed by atoms with Crippen molar-refractivity contribution in [1.82, 2.24) is 15.1 Å². The third kappa shape index (κ3) is 7.69. The number of amides is 2. The largest absolute Gasteiger partial charge is 0.352 e. The van der Waals surface area contributed by atoms with Gasteiger partial charge in [-0.25, -0.2) is 0 Å². The van der Waals surface area contributed by atoms with Crippen LogP contribution in [-0.4, -0.2) is 66.9 Å². The first-order valence-corrected chi connectivity index (χ1v) is 9.00. The van der Waals surface area contributed by atoms with E-state index in [0.29, 0.717) is 32.2 Å². The highest BCUT2D eigenvalue weighted by Gasteiger charge is 2.26. The second kappa shape index (κ2) is 11.9. The maximum Gasteiger partial charge on any atom is 0.234 e. The van der Waals surface area contributed by atoms with Crippen LogP contribution in [0.4, 0.5) is 0 Å². The van der Waals surface area contributed by atoms with E-state index in [2.05, 4.69) is 17.1 Å². The summed E-state index contributed by atoms with van der Waals surface area (Å²) in [6.07, 6.45) is 4.63. The Hall–Kier alpha value is -0.560. The molecule has 1 unspecified atom stereocenters. The molecule has 2 rings (SSSR count). The van der Waals surface area contributed by atoms with Gasteiger partial charge in [-0.05, 0) is 31.6 Å². The number of nitrogens with one attached hydrogen (secondary N) is 1. The number of hydrogen-bond donors (Lipinski definition) is 2. The Morgan fingerprint density at radius 3 is 2.16 bits per heavy atom. The van der Waals surface area contributed by atoms with Gasteiger partial charge in [0, 0.05) is 44.7 Å². The van der Waals surface area contributed by atoms with Crippen molar-refractivity contribution in [1.29, 1.82) is 0 Å².